The average molecular weight is 298 g/mol. The molecule has 0 saturated carbocycles. The minimum absolute atomic E-state index is 0.330. The van der Waals surface area contributed by atoms with Crippen molar-refractivity contribution in [1.29, 1.82) is 0 Å². The summed E-state index contributed by atoms with van der Waals surface area (Å²) in [6, 6.07) is 8.33. The predicted octanol–water partition coefficient (Wildman–Crippen LogP) is 3.58. The number of ether oxygens (including phenoxy) is 2. The quantitative estimate of drug-likeness (QED) is 0.744. The maximum atomic E-state index is 5.88. The van der Waals surface area contributed by atoms with Gasteiger partial charge in [-0.25, -0.2) is 0 Å². The van der Waals surface area contributed by atoms with Crippen LogP contribution in [0.15, 0.2) is 24.3 Å². The molecule has 0 aliphatic carbocycles. The summed E-state index contributed by atoms with van der Waals surface area (Å²) in [6.45, 7) is 5.55. The minimum atomic E-state index is 0.330. The van der Waals surface area contributed by atoms with Gasteiger partial charge in [0.2, 0.25) is 0 Å². The maximum absolute atomic E-state index is 5.88. The van der Waals surface area contributed by atoms with Crippen molar-refractivity contribution >= 4 is 11.6 Å². The molecule has 1 N–H and O–H groups in total. The van der Waals surface area contributed by atoms with E-state index in [9.17, 15) is 0 Å². The first-order chi connectivity index (χ1) is 9.75. The van der Waals surface area contributed by atoms with E-state index in [-0.39, 0.29) is 0 Å². The standard InChI is InChI=1S/C16H24ClNO2/c1-13(14-5-7-15(17)8-6-14)18-9-3-10-19-12-16-4-2-11-20-16/h5-8,13,16,18H,2-4,9-12H2,1H3. The molecule has 2 unspecified atom stereocenters. The van der Waals surface area contributed by atoms with Crippen molar-refractivity contribution in [1.82, 2.24) is 5.32 Å². The molecule has 0 spiro atoms. The first kappa shape index (κ1) is 15.8. The lowest BCUT2D eigenvalue weighted by Crippen LogP contribution is -2.22. The normalized spacial score (nSPS) is 20.2. The zero-order valence-electron chi connectivity index (χ0n) is 12.1. The molecule has 3 nitrogen and oxygen atoms in total. The van der Waals surface area contributed by atoms with Crippen LogP contribution in [0.3, 0.4) is 0 Å². The van der Waals surface area contributed by atoms with Crippen LogP contribution >= 0.6 is 11.6 Å². The molecule has 1 saturated heterocycles. The van der Waals surface area contributed by atoms with Gasteiger partial charge in [0.15, 0.2) is 0 Å². The van der Waals surface area contributed by atoms with E-state index < -0.39 is 0 Å². The monoisotopic (exact) mass is 297 g/mol. The highest BCUT2D eigenvalue weighted by molar-refractivity contribution is 6.30. The minimum Gasteiger partial charge on any atom is -0.379 e. The fraction of sp³-hybridized carbons (Fsp3) is 0.625. The van der Waals surface area contributed by atoms with E-state index in [0.29, 0.717) is 12.1 Å². The Labute approximate surface area is 126 Å². The molecule has 0 aromatic heterocycles. The van der Waals surface area contributed by atoms with E-state index in [0.717, 1.165) is 44.2 Å². The second-order valence-electron chi connectivity index (χ2n) is 5.29. The lowest BCUT2D eigenvalue weighted by Gasteiger charge is -2.15. The number of halogens is 1. The van der Waals surface area contributed by atoms with Crippen LogP contribution in [0.1, 0.15) is 37.8 Å². The lowest BCUT2D eigenvalue weighted by atomic mass is 10.1. The summed E-state index contributed by atoms with van der Waals surface area (Å²) in [5, 5.41) is 4.27. The molecule has 4 heteroatoms. The van der Waals surface area contributed by atoms with Crippen LogP contribution in [0.2, 0.25) is 5.02 Å². The molecule has 1 aromatic rings. The van der Waals surface area contributed by atoms with E-state index in [2.05, 4.69) is 24.4 Å². The molecule has 112 valence electrons. The van der Waals surface area contributed by atoms with Crippen LogP contribution in [0, 0.1) is 0 Å². The molecular formula is C16H24ClNO2. The second-order valence-corrected chi connectivity index (χ2v) is 5.73. The SMILES string of the molecule is CC(NCCCOCC1CCCO1)c1ccc(Cl)cc1. The molecule has 1 aromatic carbocycles. The molecule has 1 fully saturated rings. The third-order valence-electron chi connectivity index (χ3n) is 3.61. The predicted molar refractivity (Wildman–Crippen MR) is 82.3 cm³/mol. The Balaban J connectivity index is 1.52. The van der Waals surface area contributed by atoms with E-state index in [1.807, 2.05) is 12.1 Å². The lowest BCUT2D eigenvalue weighted by molar-refractivity contribution is 0.0165. The highest BCUT2D eigenvalue weighted by atomic mass is 35.5. The molecule has 0 amide bonds. The summed E-state index contributed by atoms with van der Waals surface area (Å²) in [5.41, 5.74) is 1.26. The molecule has 20 heavy (non-hydrogen) atoms. The van der Waals surface area contributed by atoms with Gasteiger partial charge < -0.3 is 14.8 Å². The second kappa shape index (κ2) is 8.63. The molecule has 0 bridgehead atoms. The van der Waals surface area contributed by atoms with Crippen molar-refractivity contribution in [3.05, 3.63) is 34.9 Å². The van der Waals surface area contributed by atoms with Gasteiger partial charge in [-0.1, -0.05) is 23.7 Å². The van der Waals surface area contributed by atoms with Crippen molar-refractivity contribution in [3.63, 3.8) is 0 Å². The van der Waals surface area contributed by atoms with Crippen molar-refractivity contribution in [2.45, 2.75) is 38.3 Å². The summed E-state index contributed by atoms with van der Waals surface area (Å²) in [6.07, 6.45) is 3.67. The molecule has 2 atom stereocenters. The number of hydrogen-bond donors (Lipinski definition) is 1. The van der Waals surface area contributed by atoms with Gasteiger partial charge in [0.1, 0.15) is 0 Å². The Morgan fingerprint density at radius 1 is 1.40 bits per heavy atom. The van der Waals surface area contributed by atoms with Crippen LogP contribution in [0.5, 0.6) is 0 Å². The van der Waals surface area contributed by atoms with Gasteiger partial charge in [0.25, 0.3) is 0 Å². The number of hydrogen-bond acceptors (Lipinski definition) is 3. The molecule has 1 aliphatic rings. The molecule has 0 radical (unpaired) electrons. The van der Waals surface area contributed by atoms with Gasteiger partial charge in [0.05, 0.1) is 12.7 Å². The summed E-state index contributed by atoms with van der Waals surface area (Å²) in [4.78, 5) is 0. The Morgan fingerprint density at radius 3 is 2.90 bits per heavy atom. The van der Waals surface area contributed by atoms with Gasteiger partial charge in [-0.05, 0) is 50.4 Å². The summed E-state index contributed by atoms with van der Waals surface area (Å²) >= 11 is 5.88. The highest BCUT2D eigenvalue weighted by Gasteiger charge is 2.14. The van der Waals surface area contributed by atoms with Crippen molar-refractivity contribution in [3.8, 4) is 0 Å². The first-order valence-corrected chi connectivity index (χ1v) is 7.81. The van der Waals surface area contributed by atoms with Crippen molar-refractivity contribution in [2.75, 3.05) is 26.4 Å². The Bertz CT molecular complexity index is 377. The molecule has 2 rings (SSSR count). The highest BCUT2D eigenvalue weighted by Crippen LogP contribution is 2.16. The fourth-order valence-corrected chi connectivity index (χ4v) is 2.48. The van der Waals surface area contributed by atoms with Gasteiger partial charge >= 0.3 is 0 Å². The average Bonchev–Trinajstić information content (AvgIpc) is 2.96. The van der Waals surface area contributed by atoms with Crippen LogP contribution < -0.4 is 5.32 Å². The van der Waals surface area contributed by atoms with E-state index in [1.54, 1.807) is 0 Å². The van der Waals surface area contributed by atoms with Crippen molar-refractivity contribution < 1.29 is 9.47 Å². The van der Waals surface area contributed by atoms with E-state index >= 15 is 0 Å². The molecular weight excluding hydrogens is 274 g/mol. The summed E-state index contributed by atoms with van der Waals surface area (Å²) in [5.74, 6) is 0. The van der Waals surface area contributed by atoms with Gasteiger partial charge in [0, 0.05) is 24.3 Å². The molecule has 1 heterocycles. The largest absolute Gasteiger partial charge is 0.379 e. The molecule has 1 aliphatic heterocycles. The van der Waals surface area contributed by atoms with Gasteiger partial charge in [-0.2, -0.15) is 0 Å². The van der Waals surface area contributed by atoms with Gasteiger partial charge in [-0.3, -0.25) is 0 Å². The van der Waals surface area contributed by atoms with Crippen LogP contribution in [0.25, 0.3) is 0 Å². The van der Waals surface area contributed by atoms with Crippen molar-refractivity contribution in [2.24, 2.45) is 0 Å². The number of benzene rings is 1. The maximum Gasteiger partial charge on any atom is 0.0809 e. The Morgan fingerprint density at radius 2 is 2.20 bits per heavy atom. The zero-order valence-corrected chi connectivity index (χ0v) is 12.9. The van der Waals surface area contributed by atoms with Crippen LogP contribution in [-0.2, 0) is 9.47 Å². The third-order valence-corrected chi connectivity index (χ3v) is 3.87. The zero-order chi connectivity index (χ0) is 14.2. The van der Waals surface area contributed by atoms with Gasteiger partial charge in [-0.15, -0.1) is 0 Å². The fourth-order valence-electron chi connectivity index (χ4n) is 2.35. The Hall–Kier alpha value is -0.610. The first-order valence-electron chi connectivity index (χ1n) is 7.44. The number of nitrogens with one attached hydrogen (secondary N) is 1. The van der Waals surface area contributed by atoms with E-state index in [4.69, 9.17) is 21.1 Å². The topological polar surface area (TPSA) is 30.5 Å². The summed E-state index contributed by atoms with van der Waals surface area (Å²) in [7, 11) is 0. The van der Waals surface area contributed by atoms with Crippen LogP contribution in [0.4, 0.5) is 0 Å². The summed E-state index contributed by atoms with van der Waals surface area (Å²) < 4.78 is 11.2. The Kier molecular flexibility index (Phi) is 6.80. The third kappa shape index (κ3) is 5.41. The van der Waals surface area contributed by atoms with E-state index in [1.165, 1.54) is 12.0 Å². The smallest absolute Gasteiger partial charge is 0.0809 e. The number of rotatable bonds is 8. The van der Waals surface area contributed by atoms with Crippen LogP contribution in [-0.4, -0.2) is 32.5 Å².